The van der Waals surface area contributed by atoms with Crippen LogP contribution in [0.2, 0.25) is 0 Å². The smallest absolute Gasteiger partial charge is 0.0608 e. The van der Waals surface area contributed by atoms with Crippen molar-refractivity contribution in [1.82, 2.24) is 0 Å². The molecule has 1 aromatic rings. The minimum atomic E-state index is -0.125. The number of benzene rings is 1. The molecule has 76 valence electrons. The first-order valence-electron chi connectivity index (χ1n) is 5.61. The monoisotopic (exact) mass is 190 g/mol. The lowest BCUT2D eigenvalue weighted by Gasteiger charge is -2.20. The van der Waals surface area contributed by atoms with Crippen LogP contribution in [0.3, 0.4) is 0 Å². The highest BCUT2D eigenvalue weighted by atomic mass is 16.3. The third kappa shape index (κ3) is 2.16. The van der Waals surface area contributed by atoms with Gasteiger partial charge in [-0.05, 0) is 18.4 Å². The van der Waals surface area contributed by atoms with Crippen molar-refractivity contribution in [2.75, 3.05) is 0 Å². The molecule has 1 nitrogen and oxygen atoms in total. The molecule has 1 saturated carbocycles. The van der Waals surface area contributed by atoms with Crippen LogP contribution in [0.5, 0.6) is 0 Å². The van der Waals surface area contributed by atoms with E-state index < -0.39 is 0 Å². The fourth-order valence-corrected chi connectivity index (χ4v) is 2.38. The highest BCUT2D eigenvalue weighted by molar-refractivity contribution is 5.20. The van der Waals surface area contributed by atoms with Crippen molar-refractivity contribution in [1.29, 1.82) is 0 Å². The lowest BCUT2D eigenvalue weighted by molar-refractivity contribution is 0.135. The molecule has 1 aliphatic rings. The fraction of sp³-hybridized carbons (Fsp3) is 0.538. The van der Waals surface area contributed by atoms with Gasteiger partial charge >= 0.3 is 0 Å². The van der Waals surface area contributed by atoms with Crippen LogP contribution < -0.4 is 0 Å². The van der Waals surface area contributed by atoms with Gasteiger partial charge in [0, 0.05) is 5.92 Å². The molecule has 1 fully saturated rings. The van der Waals surface area contributed by atoms with Gasteiger partial charge in [0.1, 0.15) is 0 Å². The van der Waals surface area contributed by atoms with Crippen LogP contribution in [0, 0.1) is 0 Å². The predicted molar refractivity (Wildman–Crippen MR) is 58.3 cm³/mol. The Morgan fingerprint density at radius 2 is 1.64 bits per heavy atom. The van der Waals surface area contributed by atoms with Gasteiger partial charge in [0.25, 0.3) is 0 Å². The first-order valence-corrected chi connectivity index (χ1v) is 5.61. The van der Waals surface area contributed by atoms with Crippen molar-refractivity contribution in [3.05, 3.63) is 35.9 Å². The maximum Gasteiger partial charge on any atom is 0.0608 e. The summed E-state index contributed by atoms with van der Waals surface area (Å²) in [7, 11) is 0. The highest BCUT2D eigenvalue weighted by Gasteiger charge is 2.22. The van der Waals surface area contributed by atoms with E-state index in [1.807, 2.05) is 6.07 Å². The van der Waals surface area contributed by atoms with Gasteiger partial charge in [0.2, 0.25) is 0 Å². The van der Waals surface area contributed by atoms with Gasteiger partial charge in [-0.2, -0.15) is 0 Å². The SMILES string of the molecule is O[C@@H]1CCCCC[C@@H]1c1ccccc1. The van der Waals surface area contributed by atoms with Gasteiger partial charge in [-0.25, -0.2) is 0 Å². The van der Waals surface area contributed by atoms with Crippen LogP contribution in [0.25, 0.3) is 0 Å². The third-order valence-electron chi connectivity index (χ3n) is 3.21. The Hall–Kier alpha value is -0.820. The van der Waals surface area contributed by atoms with Crippen molar-refractivity contribution in [2.45, 2.75) is 44.1 Å². The van der Waals surface area contributed by atoms with E-state index >= 15 is 0 Å². The third-order valence-corrected chi connectivity index (χ3v) is 3.21. The van der Waals surface area contributed by atoms with Crippen molar-refractivity contribution in [3.8, 4) is 0 Å². The Balaban J connectivity index is 2.15. The molecule has 1 aromatic carbocycles. The predicted octanol–water partition coefficient (Wildman–Crippen LogP) is 3.10. The maximum atomic E-state index is 10.0. The lowest BCUT2D eigenvalue weighted by Crippen LogP contribution is -2.16. The van der Waals surface area contributed by atoms with Crippen LogP contribution in [0.1, 0.15) is 43.6 Å². The number of hydrogen-bond acceptors (Lipinski definition) is 1. The zero-order valence-corrected chi connectivity index (χ0v) is 8.52. The van der Waals surface area contributed by atoms with Crippen LogP contribution in [-0.2, 0) is 0 Å². The maximum absolute atomic E-state index is 10.0. The first-order chi connectivity index (χ1) is 6.88. The van der Waals surface area contributed by atoms with Crippen molar-refractivity contribution < 1.29 is 5.11 Å². The summed E-state index contributed by atoms with van der Waals surface area (Å²) < 4.78 is 0. The Morgan fingerprint density at radius 3 is 2.43 bits per heavy atom. The molecule has 0 bridgehead atoms. The van der Waals surface area contributed by atoms with E-state index in [-0.39, 0.29) is 6.10 Å². The van der Waals surface area contributed by atoms with Gasteiger partial charge in [-0.1, -0.05) is 49.6 Å². The van der Waals surface area contributed by atoms with Crippen LogP contribution >= 0.6 is 0 Å². The topological polar surface area (TPSA) is 20.2 Å². The van der Waals surface area contributed by atoms with E-state index in [0.29, 0.717) is 5.92 Å². The summed E-state index contributed by atoms with van der Waals surface area (Å²) in [6.45, 7) is 0. The molecular formula is C13H18O. The van der Waals surface area contributed by atoms with E-state index in [1.54, 1.807) is 0 Å². The van der Waals surface area contributed by atoms with Gasteiger partial charge in [-0.3, -0.25) is 0 Å². The molecule has 0 radical (unpaired) electrons. The van der Waals surface area contributed by atoms with E-state index in [4.69, 9.17) is 0 Å². The summed E-state index contributed by atoms with van der Waals surface area (Å²) in [6, 6.07) is 10.4. The lowest BCUT2D eigenvalue weighted by atomic mass is 9.90. The Kier molecular flexibility index (Phi) is 3.20. The number of aliphatic hydroxyl groups is 1. The number of hydrogen-bond donors (Lipinski definition) is 1. The molecule has 1 heteroatoms. The molecule has 0 aliphatic heterocycles. The highest BCUT2D eigenvalue weighted by Crippen LogP contribution is 2.31. The molecule has 0 aromatic heterocycles. The summed E-state index contributed by atoms with van der Waals surface area (Å²) in [5, 5.41) is 10.0. The minimum Gasteiger partial charge on any atom is -0.392 e. The Bertz CT molecular complexity index is 268. The summed E-state index contributed by atoms with van der Waals surface area (Å²) in [5.74, 6) is 0.374. The second-order valence-corrected chi connectivity index (χ2v) is 4.22. The largest absolute Gasteiger partial charge is 0.392 e. The minimum absolute atomic E-state index is 0.125. The molecule has 2 atom stereocenters. The summed E-state index contributed by atoms with van der Waals surface area (Å²) in [4.78, 5) is 0. The summed E-state index contributed by atoms with van der Waals surface area (Å²) in [6.07, 6.45) is 5.71. The molecule has 14 heavy (non-hydrogen) atoms. The summed E-state index contributed by atoms with van der Waals surface area (Å²) in [5.41, 5.74) is 1.31. The van der Waals surface area contributed by atoms with Crippen molar-refractivity contribution >= 4 is 0 Å². The molecule has 0 amide bonds. The van der Waals surface area contributed by atoms with E-state index in [2.05, 4.69) is 24.3 Å². The standard InChI is InChI=1S/C13H18O/c14-13-10-6-2-5-9-12(13)11-7-3-1-4-8-11/h1,3-4,7-8,12-14H,2,5-6,9-10H2/t12-,13-/m1/s1. The molecule has 0 spiro atoms. The van der Waals surface area contributed by atoms with Gasteiger partial charge < -0.3 is 5.11 Å². The van der Waals surface area contributed by atoms with E-state index in [9.17, 15) is 5.11 Å². The zero-order valence-electron chi connectivity index (χ0n) is 8.52. The van der Waals surface area contributed by atoms with Crippen LogP contribution in [-0.4, -0.2) is 11.2 Å². The second-order valence-electron chi connectivity index (χ2n) is 4.22. The van der Waals surface area contributed by atoms with Crippen LogP contribution in [0.4, 0.5) is 0 Å². The average molecular weight is 190 g/mol. The van der Waals surface area contributed by atoms with Gasteiger partial charge in [0.15, 0.2) is 0 Å². The second kappa shape index (κ2) is 4.61. The van der Waals surface area contributed by atoms with Crippen LogP contribution in [0.15, 0.2) is 30.3 Å². The molecule has 0 saturated heterocycles. The zero-order chi connectivity index (χ0) is 9.80. The normalized spacial score (nSPS) is 28.4. The Morgan fingerprint density at radius 1 is 0.929 bits per heavy atom. The molecule has 0 heterocycles. The van der Waals surface area contributed by atoms with E-state index in [1.165, 1.54) is 24.8 Å². The quantitative estimate of drug-likeness (QED) is 0.675. The number of rotatable bonds is 1. The molecule has 2 rings (SSSR count). The molecular weight excluding hydrogens is 172 g/mol. The average Bonchev–Trinajstić information content (AvgIpc) is 2.44. The van der Waals surface area contributed by atoms with Gasteiger partial charge in [0.05, 0.1) is 6.10 Å². The van der Waals surface area contributed by atoms with Gasteiger partial charge in [-0.15, -0.1) is 0 Å². The first kappa shape index (κ1) is 9.72. The van der Waals surface area contributed by atoms with Crippen molar-refractivity contribution in [3.63, 3.8) is 0 Å². The summed E-state index contributed by atoms with van der Waals surface area (Å²) >= 11 is 0. The molecule has 1 N–H and O–H groups in total. The van der Waals surface area contributed by atoms with E-state index in [0.717, 1.165) is 12.8 Å². The fourth-order valence-electron chi connectivity index (χ4n) is 2.38. The number of aliphatic hydroxyl groups excluding tert-OH is 1. The molecule has 0 unspecified atom stereocenters. The molecule has 1 aliphatic carbocycles. The Labute approximate surface area is 85.8 Å². The van der Waals surface area contributed by atoms with Crippen molar-refractivity contribution in [2.24, 2.45) is 0 Å².